The number of ether oxygens (including phenoxy) is 1. The molecule has 1 unspecified atom stereocenters. The number of benzene rings is 2. The quantitative estimate of drug-likeness (QED) is 0.553. The highest BCUT2D eigenvalue weighted by Gasteiger charge is 2.24. The van der Waals surface area contributed by atoms with Gasteiger partial charge in [0.1, 0.15) is 10.8 Å². The molecule has 0 bridgehead atoms. The van der Waals surface area contributed by atoms with Crippen LogP contribution in [0.25, 0.3) is 0 Å². The van der Waals surface area contributed by atoms with E-state index >= 15 is 0 Å². The van der Waals surface area contributed by atoms with Gasteiger partial charge in [-0.1, -0.05) is 30.0 Å². The average Bonchev–Trinajstić information content (AvgIpc) is 3.35. The molecule has 2 aromatic carbocycles. The summed E-state index contributed by atoms with van der Waals surface area (Å²) in [6.45, 7) is 2.67. The smallest absolute Gasteiger partial charge is 0.251 e. The number of pyridine rings is 1. The number of rotatable bonds is 8. The zero-order valence-corrected chi connectivity index (χ0v) is 18.5. The highest BCUT2D eigenvalue weighted by Crippen LogP contribution is 2.28. The topological polar surface area (TPSA) is 54.5 Å². The molecule has 160 valence electrons. The number of carbonyl (C=O) groups is 1. The van der Waals surface area contributed by atoms with Crippen molar-refractivity contribution in [1.82, 2.24) is 15.2 Å². The van der Waals surface area contributed by atoms with Crippen LogP contribution < -0.4 is 10.1 Å². The molecule has 1 aliphatic rings. The minimum Gasteiger partial charge on any atom is -0.497 e. The largest absolute Gasteiger partial charge is 0.497 e. The van der Waals surface area contributed by atoms with E-state index in [4.69, 9.17) is 4.74 Å². The van der Waals surface area contributed by atoms with Crippen molar-refractivity contribution in [2.45, 2.75) is 28.8 Å². The van der Waals surface area contributed by atoms with Gasteiger partial charge in [-0.2, -0.15) is 0 Å². The molecule has 0 spiro atoms. The molecule has 2 heterocycles. The van der Waals surface area contributed by atoms with E-state index < -0.39 is 0 Å². The van der Waals surface area contributed by atoms with Gasteiger partial charge in [-0.15, -0.1) is 0 Å². The van der Waals surface area contributed by atoms with Crippen LogP contribution in [0.1, 0.15) is 34.8 Å². The lowest BCUT2D eigenvalue weighted by Gasteiger charge is -2.28. The fraction of sp³-hybridized carbons (Fsp3) is 0.280. The van der Waals surface area contributed by atoms with Gasteiger partial charge in [0.05, 0.1) is 13.2 Å². The van der Waals surface area contributed by atoms with E-state index in [-0.39, 0.29) is 11.9 Å². The third-order valence-electron chi connectivity index (χ3n) is 5.49. The van der Waals surface area contributed by atoms with Crippen LogP contribution in [0.15, 0.2) is 82.8 Å². The van der Waals surface area contributed by atoms with E-state index in [2.05, 4.69) is 27.3 Å². The Bertz CT molecular complexity index is 989. The summed E-state index contributed by atoms with van der Waals surface area (Å²) in [5.74, 6) is 0.787. The predicted octanol–water partition coefficient (Wildman–Crippen LogP) is 4.81. The molecule has 0 radical (unpaired) electrons. The number of methoxy groups -OCH3 is 1. The van der Waals surface area contributed by atoms with Gasteiger partial charge < -0.3 is 10.1 Å². The highest BCUT2D eigenvalue weighted by molar-refractivity contribution is 7.99. The molecule has 1 saturated heterocycles. The minimum absolute atomic E-state index is 0.0542. The van der Waals surface area contributed by atoms with E-state index in [1.165, 1.54) is 18.4 Å². The number of hydrogen-bond acceptors (Lipinski definition) is 5. The first-order valence-corrected chi connectivity index (χ1v) is 11.4. The lowest BCUT2D eigenvalue weighted by molar-refractivity contribution is 0.0938. The van der Waals surface area contributed by atoms with E-state index in [1.807, 2.05) is 54.6 Å². The molecule has 5 nitrogen and oxygen atoms in total. The lowest BCUT2D eigenvalue weighted by atomic mass is 10.0. The van der Waals surface area contributed by atoms with Crippen LogP contribution in [0.4, 0.5) is 0 Å². The summed E-state index contributed by atoms with van der Waals surface area (Å²) in [5, 5.41) is 4.08. The van der Waals surface area contributed by atoms with Crippen LogP contribution in [0.3, 0.4) is 0 Å². The first-order chi connectivity index (χ1) is 15.2. The van der Waals surface area contributed by atoms with Crippen LogP contribution >= 0.6 is 11.8 Å². The van der Waals surface area contributed by atoms with Crippen molar-refractivity contribution in [3.05, 3.63) is 84.1 Å². The van der Waals surface area contributed by atoms with Gasteiger partial charge in [-0.05, 0) is 80.0 Å². The van der Waals surface area contributed by atoms with E-state index in [9.17, 15) is 4.79 Å². The third-order valence-corrected chi connectivity index (χ3v) is 6.45. The van der Waals surface area contributed by atoms with Crippen molar-refractivity contribution in [2.75, 3.05) is 26.7 Å². The Labute approximate surface area is 187 Å². The Balaban J connectivity index is 1.41. The van der Waals surface area contributed by atoms with Crippen LogP contribution in [0, 0.1) is 0 Å². The van der Waals surface area contributed by atoms with Gasteiger partial charge >= 0.3 is 0 Å². The Morgan fingerprint density at radius 2 is 1.90 bits per heavy atom. The molecule has 1 fully saturated rings. The summed E-state index contributed by atoms with van der Waals surface area (Å²) in [7, 11) is 1.68. The molecule has 1 amide bonds. The second-order valence-electron chi connectivity index (χ2n) is 7.54. The first kappa shape index (κ1) is 21.4. The molecule has 0 aliphatic carbocycles. The van der Waals surface area contributed by atoms with Gasteiger partial charge in [0, 0.05) is 23.2 Å². The van der Waals surface area contributed by atoms with Crippen LogP contribution in [-0.4, -0.2) is 42.5 Å². The maximum atomic E-state index is 12.8. The molecule has 31 heavy (non-hydrogen) atoms. The third kappa shape index (κ3) is 5.66. The van der Waals surface area contributed by atoms with Crippen molar-refractivity contribution < 1.29 is 9.53 Å². The summed E-state index contributed by atoms with van der Waals surface area (Å²) in [6, 6.07) is 21.8. The number of aromatic nitrogens is 1. The predicted molar refractivity (Wildman–Crippen MR) is 124 cm³/mol. The van der Waals surface area contributed by atoms with E-state index in [0.29, 0.717) is 12.1 Å². The molecule has 4 rings (SSSR count). The number of amides is 1. The number of nitrogens with zero attached hydrogens (tertiary/aromatic N) is 2. The second-order valence-corrected chi connectivity index (χ2v) is 8.63. The van der Waals surface area contributed by atoms with Crippen molar-refractivity contribution in [3.8, 4) is 5.75 Å². The number of likely N-dealkylation sites (tertiary alicyclic amines) is 1. The minimum atomic E-state index is -0.0542. The normalized spacial score (nSPS) is 14.9. The Morgan fingerprint density at radius 1 is 1.10 bits per heavy atom. The number of carbonyl (C=O) groups excluding carboxylic acids is 1. The lowest BCUT2D eigenvalue weighted by Crippen LogP contribution is -2.36. The van der Waals surface area contributed by atoms with Crippen LogP contribution in [0.5, 0.6) is 5.75 Å². The average molecular weight is 434 g/mol. The zero-order valence-electron chi connectivity index (χ0n) is 17.7. The molecule has 3 aromatic rings. The summed E-state index contributed by atoms with van der Waals surface area (Å²) in [4.78, 5) is 20.6. The Morgan fingerprint density at radius 3 is 2.61 bits per heavy atom. The standard InChI is InChI=1S/C25H27N3O2S/c1-30-21-8-6-7-20(17-21)23(28-15-4-5-16-28)18-27-25(29)19-10-12-22(13-11-19)31-24-9-2-3-14-26-24/h2-3,6-14,17,23H,4-5,15-16,18H2,1H3,(H,27,29). The second kappa shape index (κ2) is 10.5. The van der Waals surface area contributed by atoms with E-state index in [1.54, 1.807) is 25.1 Å². The zero-order chi connectivity index (χ0) is 21.5. The highest BCUT2D eigenvalue weighted by atomic mass is 32.2. The number of nitrogens with one attached hydrogen (secondary N) is 1. The van der Waals surface area contributed by atoms with Crippen molar-refractivity contribution >= 4 is 17.7 Å². The molecule has 1 N–H and O–H groups in total. The molecule has 6 heteroatoms. The van der Waals surface area contributed by atoms with Gasteiger partial charge in [0.25, 0.3) is 5.91 Å². The maximum Gasteiger partial charge on any atom is 0.251 e. The fourth-order valence-electron chi connectivity index (χ4n) is 3.85. The Hall–Kier alpha value is -2.83. The monoisotopic (exact) mass is 433 g/mol. The van der Waals surface area contributed by atoms with Gasteiger partial charge in [-0.3, -0.25) is 9.69 Å². The molecule has 1 aromatic heterocycles. The van der Waals surface area contributed by atoms with Gasteiger partial charge in [-0.25, -0.2) is 4.98 Å². The summed E-state index contributed by atoms with van der Waals surface area (Å²) >= 11 is 1.58. The Kier molecular flexibility index (Phi) is 7.22. The van der Waals surface area contributed by atoms with Crippen molar-refractivity contribution in [3.63, 3.8) is 0 Å². The summed E-state index contributed by atoms with van der Waals surface area (Å²) < 4.78 is 5.40. The van der Waals surface area contributed by atoms with Gasteiger partial charge in [0.15, 0.2) is 0 Å². The van der Waals surface area contributed by atoms with Crippen LogP contribution in [-0.2, 0) is 0 Å². The fourth-order valence-corrected chi connectivity index (χ4v) is 4.63. The van der Waals surface area contributed by atoms with Crippen molar-refractivity contribution in [2.24, 2.45) is 0 Å². The maximum absolute atomic E-state index is 12.8. The molecular weight excluding hydrogens is 406 g/mol. The van der Waals surface area contributed by atoms with Crippen LogP contribution in [0.2, 0.25) is 0 Å². The summed E-state index contributed by atoms with van der Waals surface area (Å²) in [5.41, 5.74) is 1.83. The van der Waals surface area contributed by atoms with Crippen molar-refractivity contribution in [1.29, 1.82) is 0 Å². The number of hydrogen-bond donors (Lipinski definition) is 1. The molecule has 1 atom stereocenters. The first-order valence-electron chi connectivity index (χ1n) is 10.6. The SMILES string of the molecule is COc1cccc(C(CNC(=O)c2ccc(Sc3ccccn3)cc2)N2CCCC2)c1. The van der Waals surface area contributed by atoms with E-state index in [0.717, 1.165) is 28.8 Å². The summed E-state index contributed by atoms with van der Waals surface area (Å²) in [6.07, 6.45) is 4.18. The molecule has 1 aliphatic heterocycles. The molecule has 0 saturated carbocycles. The molecular formula is C25H27N3O2S. The van der Waals surface area contributed by atoms with Gasteiger partial charge in [0.2, 0.25) is 0 Å².